The van der Waals surface area contributed by atoms with Crippen molar-refractivity contribution in [1.82, 2.24) is 4.72 Å². The van der Waals surface area contributed by atoms with Crippen LogP contribution >= 0.6 is 0 Å². The Hall–Kier alpha value is -2.38. The number of carboxylic acids is 1. The Balaban J connectivity index is 2.42. The lowest BCUT2D eigenvalue weighted by atomic mass is 10.1. The molecule has 0 radical (unpaired) electrons. The van der Waals surface area contributed by atoms with E-state index in [2.05, 4.69) is 10.0 Å². The van der Waals surface area contributed by atoms with Crippen molar-refractivity contribution in [2.45, 2.75) is 37.8 Å². The van der Waals surface area contributed by atoms with E-state index in [0.717, 1.165) is 5.56 Å². The minimum atomic E-state index is -3.92. The first-order valence-corrected chi connectivity index (χ1v) is 9.40. The van der Waals surface area contributed by atoms with Crippen molar-refractivity contribution < 1.29 is 18.3 Å². The van der Waals surface area contributed by atoms with Gasteiger partial charge >= 0.3 is 5.97 Å². The van der Waals surface area contributed by atoms with Crippen molar-refractivity contribution in [3.05, 3.63) is 59.7 Å². The predicted molar refractivity (Wildman–Crippen MR) is 97.3 cm³/mol. The predicted octanol–water partition coefficient (Wildman–Crippen LogP) is 3.24. The van der Waals surface area contributed by atoms with Crippen LogP contribution in [0.25, 0.3) is 0 Å². The minimum Gasteiger partial charge on any atom is -0.478 e. The van der Waals surface area contributed by atoms with Crippen molar-refractivity contribution >= 4 is 21.7 Å². The number of aromatic carboxylic acids is 1. The van der Waals surface area contributed by atoms with Crippen LogP contribution in [0.3, 0.4) is 0 Å². The van der Waals surface area contributed by atoms with Crippen LogP contribution in [0.1, 0.15) is 42.7 Å². The molecule has 0 amide bonds. The third kappa shape index (κ3) is 4.80. The minimum absolute atomic E-state index is 0.00354. The Labute approximate surface area is 147 Å². The van der Waals surface area contributed by atoms with Crippen LogP contribution in [-0.4, -0.2) is 25.5 Å². The maximum absolute atomic E-state index is 12.8. The van der Waals surface area contributed by atoms with Gasteiger partial charge in [0, 0.05) is 12.1 Å². The van der Waals surface area contributed by atoms with Gasteiger partial charge in [-0.25, -0.2) is 17.9 Å². The highest BCUT2D eigenvalue weighted by molar-refractivity contribution is 7.89. The van der Waals surface area contributed by atoms with Gasteiger partial charge in [0.05, 0.1) is 11.3 Å². The molecule has 0 aromatic heterocycles. The average Bonchev–Trinajstić information content (AvgIpc) is 2.54. The molecule has 0 saturated carbocycles. The van der Waals surface area contributed by atoms with Gasteiger partial charge in [-0.1, -0.05) is 30.3 Å². The Morgan fingerprint density at radius 2 is 1.68 bits per heavy atom. The van der Waals surface area contributed by atoms with Crippen molar-refractivity contribution in [3.8, 4) is 0 Å². The highest BCUT2D eigenvalue weighted by atomic mass is 32.2. The number of sulfonamides is 1. The first-order valence-electron chi connectivity index (χ1n) is 7.92. The summed E-state index contributed by atoms with van der Waals surface area (Å²) in [5.74, 6) is -1.18. The van der Waals surface area contributed by atoms with E-state index in [9.17, 15) is 18.3 Å². The lowest BCUT2D eigenvalue weighted by Crippen LogP contribution is -2.28. The summed E-state index contributed by atoms with van der Waals surface area (Å²) in [4.78, 5) is 11.1. The number of benzene rings is 2. The van der Waals surface area contributed by atoms with E-state index in [-0.39, 0.29) is 16.5 Å². The van der Waals surface area contributed by atoms with Gasteiger partial charge in [-0.3, -0.25) is 0 Å². The van der Waals surface area contributed by atoms with Crippen LogP contribution in [-0.2, 0) is 10.0 Å². The van der Waals surface area contributed by atoms with Gasteiger partial charge in [-0.2, -0.15) is 0 Å². The fourth-order valence-electron chi connectivity index (χ4n) is 2.41. The summed E-state index contributed by atoms with van der Waals surface area (Å²) in [7, 11) is -3.92. The molecule has 0 fully saturated rings. The fraction of sp³-hybridized carbons (Fsp3) is 0.278. The van der Waals surface area contributed by atoms with Crippen molar-refractivity contribution in [3.63, 3.8) is 0 Å². The molecular formula is C18H22N2O4S. The Bertz CT molecular complexity index is 849. The molecule has 2 aromatic carbocycles. The largest absolute Gasteiger partial charge is 0.478 e. The van der Waals surface area contributed by atoms with E-state index in [1.165, 1.54) is 18.2 Å². The van der Waals surface area contributed by atoms with Crippen LogP contribution < -0.4 is 10.0 Å². The summed E-state index contributed by atoms with van der Waals surface area (Å²) < 4.78 is 28.3. The molecule has 0 spiro atoms. The van der Waals surface area contributed by atoms with E-state index >= 15 is 0 Å². The van der Waals surface area contributed by atoms with Gasteiger partial charge < -0.3 is 10.4 Å². The highest BCUT2D eigenvalue weighted by Crippen LogP contribution is 2.25. The number of anilines is 1. The summed E-state index contributed by atoms with van der Waals surface area (Å²) in [6.07, 6.45) is 0. The van der Waals surface area contributed by atoms with E-state index in [1.807, 2.05) is 44.2 Å². The molecule has 0 saturated heterocycles. The SMILES string of the molecule is CC(C)Nc1ccc(C(=O)O)cc1S(=O)(=O)NC(C)c1ccccc1. The van der Waals surface area contributed by atoms with Gasteiger partial charge in [0.2, 0.25) is 10.0 Å². The molecule has 0 aliphatic heterocycles. The van der Waals surface area contributed by atoms with Gasteiger partial charge in [0.15, 0.2) is 0 Å². The van der Waals surface area contributed by atoms with Crippen molar-refractivity contribution in [1.29, 1.82) is 0 Å². The quantitative estimate of drug-likeness (QED) is 0.703. The Morgan fingerprint density at radius 3 is 2.24 bits per heavy atom. The number of nitrogens with one attached hydrogen (secondary N) is 2. The van der Waals surface area contributed by atoms with E-state index in [4.69, 9.17) is 0 Å². The van der Waals surface area contributed by atoms with Gasteiger partial charge in [-0.15, -0.1) is 0 Å². The first-order chi connectivity index (χ1) is 11.7. The molecule has 3 N–H and O–H groups in total. The molecule has 25 heavy (non-hydrogen) atoms. The summed E-state index contributed by atoms with van der Waals surface area (Å²) in [6, 6.07) is 12.7. The standard InChI is InChI=1S/C18H22N2O4S/c1-12(2)19-16-10-9-15(18(21)22)11-17(16)25(23,24)20-13(3)14-7-5-4-6-8-14/h4-13,19-20H,1-3H3,(H,21,22). The van der Waals surface area contributed by atoms with Crippen LogP contribution in [0.15, 0.2) is 53.4 Å². The molecule has 1 atom stereocenters. The molecule has 6 nitrogen and oxygen atoms in total. The molecule has 2 aromatic rings. The summed E-state index contributed by atoms with van der Waals surface area (Å²) >= 11 is 0. The van der Waals surface area contributed by atoms with Gasteiger partial charge in [0.1, 0.15) is 4.90 Å². The summed E-state index contributed by atoms with van der Waals surface area (Å²) in [6.45, 7) is 5.49. The topological polar surface area (TPSA) is 95.5 Å². The van der Waals surface area contributed by atoms with Crippen LogP contribution in [0, 0.1) is 0 Å². The maximum Gasteiger partial charge on any atom is 0.335 e. The zero-order valence-electron chi connectivity index (χ0n) is 14.4. The van der Waals surface area contributed by atoms with Crippen LogP contribution in [0.2, 0.25) is 0 Å². The molecule has 0 heterocycles. The smallest absolute Gasteiger partial charge is 0.335 e. The van der Waals surface area contributed by atoms with Crippen molar-refractivity contribution in [2.24, 2.45) is 0 Å². The molecule has 134 valence electrons. The second-order valence-corrected chi connectivity index (χ2v) is 7.75. The first kappa shape index (κ1) is 19.0. The Kier molecular flexibility index (Phi) is 5.81. The highest BCUT2D eigenvalue weighted by Gasteiger charge is 2.23. The maximum atomic E-state index is 12.8. The van der Waals surface area contributed by atoms with E-state index in [0.29, 0.717) is 5.69 Å². The lowest BCUT2D eigenvalue weighted by molar-refractivity contribution is 0.0696. The number of carbonyl (C=O) groups is 1. The third-order valence-electron chi connectivity index (χ3n) is 3.59. The molecule has 0 aliphatic rings. The monoisotopic (exact) mass is 362 g/mol. The number of carboxylic acid groups (broad SMARTS) is 1. The summed E-state index contributed by atoms with van der Waals surface area (Å²) in [5, 5.41) is 12.2. The average molecular weight is 362 g/mol. The van der Waals surface area contributed by atoms with Crippen LogP contribution in [0.5, 0.6) is 0 Å². The van der Waals surface area contributed by atoms with E-state index < -0.39 is 22.0 Å². The molecule has 0 bridgehead atoms. The zero-order valence-corrected chi connectivity index (χ0v) is 15.2. The molecule has 2 rings (SSSR count). The normalized spacial score (nSPS) is 12.8. The molecule has 1 unspecified atom stereocenters. The van der Waals surface area contributed by atoms with Gasteiger partial charge in [-0.05, 0) is 44.5 Å². The number of rotatable bonds is 7. The number of hydrogen-bond donors (Lipinski definition) is 3. The fourth-order valence-corrected chi connectivity index (χ4v) is 3.84. The second-order valence-electron chi connectivity index (χ2n) is 6.07. The van der Waals surface area contributed by atoms with E-state index in [1.54, 1.807) is 6.92 Å². The lowest BCUT2D eigenvalue weighted by Gasteiger charge is -2.19. The molecule has 0 aliphatic carbocycles. The Morgan fingerprint density at radius 1 is 1.04 bits per heavy atom. The van der Waals surface area contributed by atoms with Crippen LogP contribution in [0.4, 0.5) is 5.69 Å². The second kappa shape index (κ2) is 7.67. The summed E-state index contributed by atoms with van der Waals surface area (Å²) in [5.41, 5.74) is 1.11. The zero-order chi connectivity index (χ0) is 18.6. The number of hydrogen-bond acceptors (Lipinski definition) is 4. The van der Waals surface area contributed by atoms with Gasteiger partial charge in [0.25, 0.3) is 0 Å². The molecular weight excluding hydrogens is 340 g/mol. The van der Waals surface area contributed by atoms with Crippen molar-refractivity contribution in [2.75, 3.05) is 5.32 Å². The third-order valence-corrected chi connectivity index (χ3v) is 5.17. The molecule has 7 heteroatoms.